The summed E-state index contributed by atoms with van der Waals surface area (Å²) in [5.74, 6) is 0.422. The molecule has 1 heterocycles. The van der Waals surface area contributed by atoms with Crippen LogP contribution in [0.5, 0.6) is 0 Å². The number of benzene rings is 3. The number of carbonyl (C=O) groups excluding carboxylic acids is 1. The van der Waals surface area contributed by atoms with E-state index in [1.165, 1.54) is 11.8 Å². The number of para-hydroxylation sites is 2. The summed E-state index contributed by atoms with van der Waals surface area (Å²) in [6.07, 6.45) is 0. The molecule has 1 aromatic heterocycles. The number of nitriles is 1. The first-order valence-corrected chi connectivity index (χ1v) is 11.1. The van der Waals surface area contributed by atoms with Gasteiger partial charge in [-0.2, -0.15) is 5.26 Å². The second kappa shape index (κ2) is 9.69. The van der Waals surface area contributed by atoms with Gasteiger partial charge in [-0.3, -0.25) is 9.36 Å². The molecule has 3 aromatic carbocycles. The average Bonchev–Trinajstić information content (AvgIpc) is 3.23. The Hall–Kier alpha value is -3.60. The van der Waals surface area contributed by atoms with E-state index in [0.29, 0.717) is 27.3 Å². The first kappa shape index (κ1) is 21.6. The van der Waals surface area contributed by atoms with Gasteiger partial charge >= 0.3 is 0 Å². The van der Waals surface area contributed by atoms with Crippen LogP contribution in [0.1, 0.15) is 12.5 Å². The maximum atomic E-state index is 12.8. The Bertz CT molecular complexity index is 1280. The molecule has 4 rings (SSSR count). The van der Waals surface area contributed by atoms with Crippen LogP contribution in [0.15, 0.2) is 84.0 Å². The molecule has 1 N–H and O–H groups in total. The van der Waals surface area contributed by atoms with Gasteiger partial charge in [-0.1, -0.05) is 53.7 Å². The first-order chi connectivity index (χ1) is 15.6. The second-order valence-electron chi connectivity index (χ2n) is 6.89. The minimum absolute atomic E-state index is 0.228. The van der Waals surface area contributed by atoms with E-state index in [1.54, 1.807) is 43.3 Å². The summed E-state index contributed by atoms with van der Waals surface area (Å²) >= 11 is 7.33. The minimum atomic E-state index is -0.480. The molecule has 4 aromatic rings. The Morgan fingerprint density at radius 3 is 2.44 bits per heavy atom. The zero-order valence-electron chi connectivity index (χ0n) is 17.1. The van der Waals surface area contributed by atoms with Gasteiger partial charge in [0.2, 0.25) is 5.91 Å². The third-order valence-electron chi connectivity index (χ3n) is 4.71. The van der Waals surface area contributed by atoms with Gasteiger partial charge in [0.15, 0.2) is 11.0 Å². The van der Waals surface area contributed by atoms with E-state index in [2.05, 4.69) is 21.6 Å². The maximum Gasteiger partial charge on any atom is 0.237 e. The molecule has 0 fully saturated rings. The van der Waals surface area contributed by atoms with Crippen molar-refractivity contribution in [3.8, 4) is 23.1 Å². The van der Waals surface area contributed by atoms with Crippen molar-refractivity contribution in [2.75, 3.05) is 5.32 Å². The maximum absolute atomic E-state index is 12.8. The van der Waals surface area contributed by atoms with Crippen molar-refractivity contribution >= 4 is 35.0 Å². The number of nitrogens with one attached hydrogen (secondary N) is 1. The van der Waals surface area contributed by atoms with Crippen LogP contribution < -0.4 is 5.32 Å². The summed E-state index contributed by atoms with van der Waals surface area (Å²) in [6, 6.07) is 26.1. The molecular weight excluding hydrogens is 442 g/mol. The average molecular weight is 460 g/mol. The molecule has 0 aliphatic carbocycles. The van der Waals surface area contributed by atoms with Crippen molar-refractivity contribution in [2.45, 2.75) is 17.3 Å². The fourth-order valence-corrected chi connectivity index (χ4v) is 4.07. The van der Waals surface area contributed by atoms with Crippen molar-refractivity contribution < 1.29 is 4.79 Å². The summed E-state index contributed by atoms with van der Waals surface area (Å²) in [6.45, 7) is 1.79. The smallest absolute Gasteiger partial charge is 0.237 e. The highest BCUT2D eigenvalue weighted by atomic mass is 35.5. The third-order valence-corrected chi connectivity index (χ3v) is 6.00. The molecule has 0 aliphatic heterocycles. The monoisotopic (exact) mass is 459 g/mol. The third kappa shape index (κ3) is 4.67. The highest BCUT2D eigenvalue weighted by Gasteiger charge is 2.22. The lowest BCUT2D eigenvalue weighted by Crippen LogP contribution is -2.23. The Labute approximate surface area is 194 Å². The molecule has 0 bridgehead atoms. The van der Waals surface area contributed by atoms with Crippen LogP contribution in [0.4, 0.5) is 5.69 Å². The number of aromatic nitrogens is 3. The zero-order chi connectivity index (χ0) is 22.5. The number of thioether (sulfide) groups is 1. The van der Waals surface area contributed by atoms with Crippen molar-refractivity contribution in [1.29, 1.82) is 5.26 Å². The second-order valence-corrected chi connectivity index (χ2v) is 8.64. The highest BCUT2D eigenvalue weighted by molar-refractivity contribution is 8.00. The van der Waals surface area contributed by atoms with Gasteiger partial charge in [0.1, 0.15) is 6.07 Å². The van der Waals surface area contributed by atoms with Gasteiger partial charge < -0.3 is 5.32 Å². The molecule has 0 saturated heterocycles. The molecule has 1 atom stereocenters. The molecule has 0 aliphatic rings. The van der Waals surface area contributed by atoms with Crippen molar-refractivity contribution in [3.63, 3.8) is 0 Å². The predicted molar refractivity (Wildman–Crippen MR) is 127 cm³/mol. The summed E-state index contributed by atoms with van der Waals surface area (Å²) in [7, 11) is 0. The molecule has 32 heavy (non-hydrogen) atoms. The topological polar surface area (TPSA) is 83.6 Å². The van der Waals surface area contributed by atoms with Gasteiger partial charge in [0.25, 0.3) is 0 Å². The molecule has 158 valence electrons. The Morgan fingerprint density at radius 1 is 1.03 bits per heavy atom. The Morgan fingerprint density at radius 2 is 1.72 bits per heavy atom. The fraction of sp³-hybridized carbons (Fsp3) is 0.0833. The molecule has 8 heteroatoms. The van der Waals surface area contributed by atoms with E-state index in [4.69, 9.17) is 11.6 Å². The molecule has 0 radical (unpaired) electrons. The van der Waals surface area contributed by atoms with Crippen LogP contribution in [0, 0.1) is 11.3 Å². The quantitative estimate of drug-likeness (QED) is 0.380. The van der Waals surface area contributed by atoms with Gasteiger partial charge in [0.05, 0.1) is 16.5 Å². The number of hydrogen-bond acceptors (Lipinski definition) is 5. The van der Waals surface area contributed by atoms with Gasteiger partial charge in [-0.25, -0.2) is 0 Å². The standard InChI is InChI=1S/C24H18ClN5OS/c1-16(23(31)27-21-10-6-5-7-18(21)15-26)32-24-29-28-22(17-11-13-19(25)14-12-17)30(24)20-8-3-2-4-9-20/h2-14,16H,1H3,(H,27,31). The molecule has 1 unspecified atom stereocenters. The molecule has 0 spiro atoms. The number of rotatable bonds is 6. The number of anilines is 1. The van der Waals surface area contributed by atoms with Crippen LogP contribution in [0.2, 0.25) is 5.02 Å². The first-order valence-electron chi connectivity index (χ1n) is 9.80. The van der Waals surface area contributed by atoms with Crippen molar-refractivity contribution in [2.24, 2.45) is 0 Å². The van der Waals surface area contributed by atoms with E-state index in [9.17, 15) is 10.1 Å². The van der Waals surface area contributed by atoms with Crippen LogP contribution in [-0.4, -0.2) is 25.9 Å². The summed E-state index contributed by atoms with van der Waals surface area (Å²) < 4.78 is 1.92. The van der Waals surface area contributed by atoms with Crippen LogP contribution in [-0.2, 0) is 4.79 Å². The van der Waals surface area contributed by atoms with Crippen LogP contribution in [0.25, 0.3) is 17.1 Å². The Kier molecular flexibility index (Phi) is 6.55. The van der Waals surface area contributed by atoms with Crippen LogP contribution in [0.3, 0.4) is 0 Å². The van der Waals surface area contributed by atoms with E-state index in [-0.39, 0.29) is 5.91 Å². The highest BCUT2D eigenvalue weighted by Crippen LogP contribution is 2.31. The molecule has 6 nitrogen and oxygen atoms in total. The summed E-state index contributed by atoms with van der Waals surface area (Å²) in [5.41, 5.74) is 2.64. The lowest BCUT2D eigenvalue weighted by Gasteiger charge is -2.14. The molecule has 1 amide bonds. The molecule has 0 saturated carbocycles. The normalized spacial score (nSPS) is 11.5. The fourth-order valence-electron chi connectivity index (χ4n) is 3.08. The van der Waals surface area contributed by atoms with Gasteiger partial charge in [-0.05, 0) is 55.5 Å². The number of amides is 1. The summed E-state index contributed by atoms with van der Waals surface area (Å²) in [5, 5.41) is 21.6. The van der Waals surface area contributed by atoms with Gasteiger partial charge in [-0.15, -0.1) is 10.2 Å². The largest absolute Gasteiger partial charge is 0.324 e. The summed E-state index contributed by atoms with van der Waals surface area (Å²) in [4.78, 5) is 12.8. The number of nitrogens with zero attached hydrogens (tertiary/aromatic N) is 4. The lowest BCUT2D eigenvalue weighted by molar-refractivity contribution is -0.115. The number of hydrogen-bond donors (Lipinski definition) is 1. The van der Waals surface area contributed by atoms with E-state index in [1.807, 2.05) is 47.0 Å². The van der Waals surface area contributed by atoms with Gasteiger partial charge in [0, 0.05) is 16.3 Å². The van der Waals surface area contributed by atoms with E-state index >= 15 is 0 Å². The lowest BCUT2D eigenvalue weighted by atomic mass is 10.2. The zero-order valence-corrected chi connectivity index (χ0v) is 18.6. The number of carbonyl (C=O) groups is 1. The van der Waals surface area contributed by atoms with Crippen LogP contribution >= 0.6 is 23.4 Å². The van der Waals surface area contributed by atoms with Crippen molar-refractivity contribution in [3.05, 3.63) is 89.4 Å². The Balaban J connectivity index is 1.64. The predicted octanol–water partition coefficient (Wildman–Crippen LogP) is 5.58. The van der Waals surface area contributed by atoms with Crippen molar-refractivity contribution in [1.82, 2.24) is 14.8 Å². The SMILES string of the molecule is CC(Sc1nnc(-c2ccc(Cl)cc2)n1-c1ccccc1)C(=O)Nc1ccccc1C#N. The van der Waals surface area contributed by atoms with E-state index < -0.39 is 5.25 Å². The minimum Gasteiger partial charge on any atom is -0.324 e. The molecular formula is C24H18ClN5OS. The number of halogens is 1. The van der Waals surface area contributed by atoms with E-state index in [0.717, 1.165) is 11.3 Å².